The van der Waals surface area contributed by atoms with Crippen molar-refractivity contribution in [2.75, 3.05) is 103 Å². The van der Waals surface area contributed by atoms with Crippen LogP contribution in [0.15, 0.2) is 12.7 Å². The highest BCUT2D eigenvalue weighted by Crippen LogP contribution is 2.36. The monoisotopic (exact) mass is 532 g/mol. The van der Waals surface area contributed by atoms with Crippen molar-refractivity contribution in [2.24, 2.45) is 0 Å². The minimum Gasteiger partial charge on any atom is -0.476 e. The molecule has 2 aromatic rings. The number of piperazine rings is 3. The van der Waals surface area contributed by atoms with Crippen LogP contribution in [0.2, 0.25) is 0 Å². The van der Waals surface area contributed by atoms with Crippen LogP contribution in [0.1, 0.15) is 0 Å². The van der Waals surface area contributed by atoms with Gasteiger partial charge in [-0.15, -0.1) is 0 Å². The molecule has 0 N–H and O–H groups in total. The molecular weight excluding hydrogens is 500 g/mol. The fourth-order valence-corrected chi connectivity index (χ4v) is 5.96. The number of nitro groups is 2. The minimum absolute atomic E-state index is 0.0243. The number of rotatable bonds is 6. The number of nitrogens with zero attached hydrogens (tertiary/aromatic N) is 10. The summed E-state index contributed by atoms with van der Waals surface area (Å²) in [4.78, 5) is 42.5. The Kier molecular flexibility index (Phi) is 6.83. The van der Waals surface area contributed by atoms with Crippen LogP contribution in [-0.4, -0.2) is 132 Å². The van der Waals surface area contributed by atoms with E-state index < -0.39 is 9.85 Å². The van der Waals surface area contributed by atoms with Gasteiger partial charge < -0.3 is 28.2 Å². The summed E-state index contributed by atoms with van der Waals surface area (Å²) in [7, 11) is 2.74. The lowest BCUT2D eigenvalue weighted by Gasteiger charge is -2.54. The normalized spacial score (nSPS) is 20.4. The third kappa shape index (κ3) is 4.60. The van der Waals surface area contributed by atoms with Crippen LogP contribution in [0.25, 0.3) is 0 Å². The van der Waals surface area contributed by atoms with Crippen molar-refractivity contribution in [3.8, 4) is 11.8 Å². The summed E-state index contributed by atoms with van der Waals surface area (Å²) in [6.45, 7) is 10.4. The van der Waals surface area contributed by atoms with Crippen molar-refractivity contribution >= 4 is 23.0 Å². The maximum absolute atomic E-state index is 11.7. The molecule has 0 atom stereocenters. The highest BCUT2D eigenvalue weighted by molar-refractivity contribution is 5.63. The molecular formula is C22H32N10O6+2. The Labute approximate surface area is 218 Å². The first kappa shape index (κ1) is 25.7. The number of hydrogen-bond donors (Lipinski definition) is 0. The van der Waals surface area contributed by atoms with Crippen molar-refractivity contribution in [3.05, 3.63) is 32.9 Å². The summed E-state index contributed by atoms with van der Waals surface area (Å²) in [6.07, 6.45) is 2.61. The van der Waals surface area contributed by atoms with E-state index in [1.54, 1.807) is 0 Å². The van der Waals surface area contributed by atoms with E-state index in [1.807, 2.05) is 9.80 Å². The Morgan fingerprint density at radius 2 is 1.00 bits per heavy atom. The van der Waals surface area contributed by atoms with Crippen molar-refractivity contribution < 1.29 is 28.3 Å². The second-order valence-corrected chi connectivity index (χ2v) is 10.1. The lowest BCUT2D eigenvalue weighted by Crippen LogP contribution is -2.73. The predicted octanol–water partition coefficient (Wildman–Crippen LogP) is 0.0876. The Morgan fingerprint density at radius 3 is 1.29 bits per heavy atom. The van der Waals surface area contributed by atoms with Crippen molar-refractivity contribution in [2.45, 2.75) is 0 Å². The van der Waals surface area contributed by atoms with Gasteiger partial charge in [-0.2, -0.15) is 9.97 Å². The molecule has 0 bridgehead atoms. The molecule has 38 heavy (non-hydrogen) atoms. The number of hydrogen-bond acceptors (Lipinski definition) is 12. The summed E-state index contributed by atoms with van der Waals surface area (Å²) >= 11 is 0. The van der Waals surface area contributed by atoms with E-state index in [4.69, 9.17) is 9.47 Å². The molecule has 2 aromatic heterocycles. The summed E-state index contributed by atoms with van der Waals surface area (Å²) in [5, 5.41) is 23.3. The summed E-state index contributed by atoms with van der Waals surface area (Å²) in [5.74, 6) is 0.575. The molecule has 16 nitrogen and oxygen atoms in total. The molecule has 2 spiro atoms. The zero-order valence-corrected chi connectivity index (χ0v) is 21.6. The zero-order chi connectivity index (χ0) is 26.9. The molecule has 0 radical (unpaired) electrons. The average molecular weight is 533 g/mol. The van der Waals surface area contributed by atoms with Gasteiger partial charge in [0.1, 0.15) is 38.8 Å². The quantitative estimate of drug-likeness (QED) is 0.280. The molecule has 5 heterocycles. The van der Waals surface area contributed by atoms with Crippen LogP contribution < -0.4 is 19.3 Å². The zero-order valence-electron chi connectivity index (χ0n) is 21.6. The highest BCUT2D eigenvalue weighted by atomic mass is 16.6. The van der Waals surface area contributed by atoms with Crippen LogP contribution in [-0.2, 0) is 0 Å². The fourth-order valence-electron chi connectivity index (χ4n) is 5.96. The van der Waals surface area contributed by atoms with E-state index in [0.29, 0.717) is 37.8 Å². The first-order chi connectivity index (χ1) is 18.3. The second kappa shape index (κ2) is 10.1. The minimum atomic E-state index is -0.478. The van der Waals surface area contributed by atoms with Gasteiger partial charge >= 0.3 is 11.4 Å². The summed E-state index contributed by atoms with van der Waals surface area (Å²) in [6, 6.07) is 0. The smallest absolute Gasteiger partial charge is 0.372 e. The van der Waals surface area contributed by atoms with E-state index >= 15 is 0 Å². The number of ether oxygens (including phenoxy) is 2. The fraction of sp³-hybridized carbons (Fsp3) is 0.636. The lowest BCUT2D eigenvalue weighted by atomic mass is 10.1. The Balaban J connectivity index is 1.20. The molecule has 3 saturated heterocycles. The predicted molar refractivity (Wildman–Crippen MR) is 134 cm³/mol. The lowest BCUT2D eigenvalue weighted by molar-refractivity contribution is -1.03. The molecule has 0 aliphatic carbocycles. The molecule has 3 aliphatic rings. The largest absolute Gasteiger partial charge is 0.476 e. The molecule has 0 amide bonds. The van der Waals surface area contributed by atoms with Crippen LogP contribution in [0.3, 0.4) is 0 Å². The van der Waals surface area contributed by atoms with Crippen LogP contribution >= 0.6 is 0 Å². The topological polar surface area (TPSA) is 163 Å². The maximum atomic E-state index is 11.7. The van der Waals surface area contributed by atoms with E-state index in [2.05, 4.69) is 19.9 Å². The van der Waals surface area contributed by atoms with Gasteiger partial charge in [-0.3, -0.25) is 20.2 Å². The van der Waals surface area contributed by atoms with Gasteiger partial charge in [-0.25, -0.2) is 9.97 Å². The number of quaternary nitrogens is 2. The standard InChI is InChI=1S/C22H32N10O6/c1-37-21-17(29(33)34)19(23-15-25-21)27-3-7-31(8-4-27)11-13-32(14-12-31)9-5-28(6-10-32)20-18(30(35)36)22(38-2)26-16-24-20/h15-16H,3-14H2,1-2H3/q+2. The first-order valence-electron chi connectivity index (χ1n) is 12.6. The van der Waals surface area contributed by atoms with E-state index in [-0.39, 0.29) is 23.1 Å². The Morgan fingerprint density at radius 1 is 0.658 bits per heavy atom. The van der Waals surface area contributed by atoms with Gasteiger partial charge in [0.15, 0.2) is 0 Å². The van der Waals surface area contributed by atoms with Crippen molar-refractivity contribution in [1.82, 2.24) is 19.9 Å². The van der Waals surface area contributed by atoms with E-state index in [0.717, 1.165) is 61.3 Å². The van der Waals surface area contributed by atoms with Crippen LogP contribution in [0.4, 0.5) is 23.0 Å². The number of anilines is 2. The molecule has 0 unspecified atom stereocenters. The number of methoxy groups -OCH3 is 2. The Hall–Kier alpha value is -3.92. The molecule has 3 aliphatic heterocycles. The van der Waals surface area contributed by atoms with Crippen molar-refractivity contribution in [3.63, 3.8) is 0 Å². The SMILES string of the molecule is COc1ncnc(N2CC[N+]3(CC2)CC[N+]2(CCN(c4ncnc(OC)c4[N+](=O)[O-])CC2)CC3)c1[N+](=O)[O-]. The van der Waals surface area contributed by atoms with Gasteiger partial charge in [0.25, 0.3) is 11.8 Å². The van der Waals surface area contributed by atoms with Gasteiger partial charge in [-0.1, -0.05) is 0 Å². The molecule has 3 fully saturated rings. The van der Waals surface area contributed by atoms with Crippen LogP contribution in [0.5, 0.6) is 11.8 Å². The van der Waals surface area contributed by atoms with E-state index in [1.165, 1.54) is 26.9 Å². The van der Waals surface area contributed by atoms with Gasteiger partial charge in [0, 0.05) is 0 Å². The average Bonchev–Trinajstić information content (AvgIpc) is 2.94. The molecule has 16 heteroatoms. The number of aromatic nitrogens is 4. The second-order valence-electron chi connectivity index (χ2n) is 10.1. The third-order valence-corrected chi connectivity index (χ3v) is 8.36. The van der Waals surface area contributed by atoms with Crippen LogP contribution in [0, 0.1) is 20.2 Å². The van der Waals surface area contributed by atoms with Gasteiger partial charge in [0.05, 0.1) is 76.4 Å². The third-order valence-electron chi connectivity index (χ3n) is 8.36. The summed E-state index contributed by atoms with van der Waals surface area (Å²) < 4.78 is 12.2. The van der Waals surface area contributed by atoms with E-state index in [9.17, 15) is 20.2 Å². The molecule has 0 aromatic carbocycles. The van der Waals surface area contributed by atoms with Gasteiger partial charge in [-0.05, 0) is 0 Å². The Bertz CT molecular complexity index is 1110. The molecule has 0 saturated carbocycles. The van der Waals surface area contributed by atoms with Crippen molar-refractivity contribution in [1.29, 1.82) is 0 Å². The molecule has 5 rings (SSSR count). The first-order valence-corrected chi connectivity index (χ1v) is 12.6. The maximum Gasteiger partial charge on any atom is 0.372 e. The summed E-state index contributed by atoms with van der Waals surface area (Å²) in [5.41, 5.74) is -0.378. The molecule has 204 valence electrons. The van der Waals surface area contributed by atoms with Gasteiger partial charge in [0.2, 0.25) is 11.6 Å². The highest BCUT2D eigenvalue weighted by Gasteiger charge is 2.46.